The third kappa shape index (κ3) is 6.03. The Balaban J connectivity index is 0.00000289. The van der Waals surface area contributed by atoms with Gasteiger partial charge in [-0.3, -0.25) is 4.79 Å². The summed E-state index contributed by atoms with van der Waals surface area (Å²) in [7, 11) is 0. The smallest absolute Gasteiger partial charge is 0.237 e. The third-order valence-corrected chi connectivity index (χ3v) is 3.39. The molecule has 1 amide bonds. The monoisotopic (exact) mass is 277 g/mol. The van der Waals surface area contributed by atoms with Gasteiger partial charge >= 0.3 is 0 Å². The van der Waals surface area contributed by atoms with E-state index in [2.05, 4.69) is 17.1 Å². The van der Waals surface area contributed by atoms with Gasteiger partial charge in [0.2, 0.25) is 5.91 Å². The molecule has 4 nitrogen and oxygen atoms in total. The number of halogens is 1. The van der Waals surface area contributed by atoms with Gasteiger partial charge in [0.1, 0.15) is 0 Å². The Labute approximate surface area is 117 Å². The van der Waals surface area contributed by atoms with Crippen molar-refractivity contribution >= 4 is 18.3 Å². The topological polar surface area (TPSA) is 58.4 Å². The van der Waals surface area contributed by atoms with Crippen LogP contribution in [-0.2, 0) is 4.79 Å². The first-order chi connectivity index (χ1) is 8.00. The number of nitrogens with one attached hydrogen (secondary N) is 1. The number of carbonyl (C=O) groups excluding carboxylic acids is 1. The molecule has 1 rings (SSSR count). The normalized spacial score (nSPS) is 20.1. The quantitative estimate of drug-likeness (QED) is 0.798. The van der Waals surface area contributed by atoms with Crippen molar-refractivity contribution in [2.24, 2.45) is 11.7 Å². The van der Waals surface area contributed by atoms with Gasteiger partial charge in [-0.2, -0.15) is 0 Å². The van der Waals surface area contributed by atoms with Crippen molar-refractivity contribution < 1.29 is 4.79 Å². The van der Waals surface area contributed by atoms with E-state index in [0.29, 0.717) is 0 Å². The van der Waals surface area contributed by atoms with E-state index in [1.165, 1.54) is 19.3 Å². The van der Waals surface area contributed by atoms with Crippen molar-refractivity contribution in [3.8, 4) is 0 Å². The molecule has 5 heteroatoms. The number of likely N-dealkylation sites (tertiary alicyclic amines) is 1. The molecule has 18 heavy (non-hydrogen) atoms. The Morgan fingerprint density at radius 2 is 1.78 bits per heavy atom. The molecular formula is C13H28ClN3O. The molecule has 0 aromatic carbocycles. The fraction of sp³-hybridized carbons (Fsp3) is 0.923. The van der Waals surface area contributed by atoms with E-state index in [4.69, 9.17) is 5.73 Å². The second-order valence-electron chi connectivity index (χ2n) is 5.54. The highest BCUT2D eigenvalue weighted by atomic mass is 35.5. The molecule has 2 atom stereocenters. The number of amides is 1. The van der Waals surface area contributed by atoms with Gasteiger partial charge in [-0.1, -0.05) is 20.3 Å². The first-order valence-corrected chi connectivity index (χ1v) is 6.79. The molecule has 108 valence electrons. The Kier molecular flexibility index (Phi) is 8.57. The lowest BCUT2D eigenvalue weighted by Gasteiger charge is -2.30. The molecule has 1 heterocycles. The number of hydrogen-bond donors (Lipinski definition) is 2. The molecule has 1 unspecified atom stereocenters. The second kappa shape index (κ2) is 8.73. The summed E-state index contributed by atoms with van der Waals surface area (Å²) < 4.78 is 0. The molecule has 0 bridgehead atoms. The van der Waals surface area contributed by atoms with Crippen LogP contribution in [-0.4, -0.2) is 42.5 Å². The molecule has 1 saturated heterocycles. The standard InChI is InChI=1S/C13H27N3O.ClH/c1-10(2)12(14)13(17)15-11(3)9-16-7-5-4-6-8-16;/h10-12H,4-9,14H2,1-3H3,(H,15,17);1H/t11?,12-;/m0./s1. The van der Waals surface area contributed by atoms with Crippen molar-refractivity contribution in [2.75, 3.05) is 19.6 Å². The summed E-state index contributed by atoms with van der Waals surface area (Å²) in [6, 6.07) is -0.204. The van der Waals surface area contributed by atoms with Gasteiger partial charge in [-0.15, -0.1) is 12.4 Å². The van der Waals surface area contributed by atoms with E-state index < -0.39 is 0 Å². The Morgan fingerprint density at radius 3 is 2.28 bits per heavy atom. The zero-order valence-electron chi connectivity index (χ0n) is 11.8. The maximum Gasteiger partial charge on any atom is 0.237 e. The summed E-state index contributed by atoms with van der Waals surface area (Å²) in [6.07, 6.45) is 3.91. The first kappa shape index (κ1) is 17.7. The van der Waals surface area contributed by atoms with Crippen LogP contribution in [0.15, 0.2) is 0 Å². The lowest BCUT2D eigenvalue weighted by molar-refractivity contribution is -0.124. The average molecular weight is 278 g/mol. The maximum atomic E-state index is 11.8. The summed E-state index contributed by atoms with van der Waals surface area (Å²) in [5.41, 5.74) is 5.82. The molecule has 0 saturated carbocycles. The predicted molar refractivity (Wildman–Crippen MR) is 78.0 cm³/mol. The van der Waals surface area contributed by atoms with Gasteiger partial charge in [0.15, 0.2) is 0 Å². The lowest BCUT2D eigenvalue weighted by atomic mass is 10.0. The fourth-order valence-corrected chi connectivity index (χ4v) is 2.22. The van der Waals surface area contributed by atoms with Gasteiger partial charge in [0.25, 0.3) is 0 Å². The van der Waals surface area contributed by atoms with Crippen molar-refractivity contribution in [1.29, 1.82) is 0 Å². The molecular weight excluding hydrogens is 250 g/mol. The van der Waals surface area contributed by atoms with E-state index >= 15 is 0 Å². The van der Waals surface area contributed by atoms with Crippen molar-refractivity contribution in [3.63, 3.8) is 0 Å². The van der Waals surface area contributed by atoms with Gasteiger partial charge < -0.3 is 16.0 Å². The van der Waals surface area contributed by atoms with Crippen LogP contribution in [0, 0.1) is 5.92 Å². The van der Waals surface area contributed by atoms with Crippen LogP contribution in [0.2, 0.25) is 0 Å². The molecule has 0 radical (unpaired) electrons. The summed E-state index contributed by atoms with van der Waals surface area (Å²) >= 11 is 0. The highest BCUT2D eigenvalue weighted by Gasteiger charge is 2.20. The maximum absolute atomic E-state index is 11.8. The molecule has 3 N–H and O–H groups in total. The Morgan fingerprint density at radius 1 is 1.22 bits per heavy atom. The van der Waals surface area contributed by atoms with E-state index in [1.807, 2.05) is 13.8 Å². The lowest BCUT2D eigenvalue weighted by Crippen LogP contribution is -2.50. The Bertz CT molecular complexity index is 242. The zero-order chi connectivity index (χ0) is 12.8. The van der Waals surface area contributed by atoms with Crippen LogP contribution in [0.3, 0.4) is 0 Å². The van der Waals surface area contributed by atoms with E-state index in [1.54, 1.807) is 0 Å². The minimum absolute atomic E-state index is 0. The summed E-state index contributed by atoms with van der Waals surface area (Å²) in [5, 5.41) is 3.00. The molecule has 0 spiro atoms. The molecule has 1 fully saturated rings. The third-order valence-electron chi connectivity index (χ3n) is 3.39. The van der Waals surface area contributed by atoms with E-state index in [0.717, 1.165) is 19.6 Å². The number of nitrogens with zero attached hydrogens (tertiary/aromatic N) is 1. The summed E-state index contributed by atoms with van der Waals surface area (Å²) in [4.78, 5) is 14.2. The van der Waals surface area contributed by atoms with Crippen LogP contribution in [0.5, 0.6) is 0 Å². The average Bonchev–Trinajstić information content (AvgIpc) is 2.28. The van der Waals surface area contributed by atoms with Gasteiger partial charge in [0, 0.05) is 12.6 Å². The molecule has 1 aliphatic rings. The summed E-state index contributed by atoms with van der Waals surface area (Å²) in [5.74, 6) is 0.168. The highest BCUT2D eigenvalue weighted by Crippen LogP contribution is 2.09. The second-order valence-corrected chi connectivity index (χ2v) is 5.54. The predicted octanol–water partition coefficient (Wildman–Crippen LogP) is 1.38. The molecule has 0 aliphatic carbocycles. The largest absolute Gasteiger partial charge is 0.351 e. The van der Waals surface area contributed by atoms with Crippen LogP contribution < -0.4 is 11.1 Å². The van der Waals surface area contributed by atoms with Crippen LogP contribution in [0.1, 0.15) is 40.0 Å². The SMILES string of the molecule is CC(CN1CCCCC1)NC(=O)[C@@H](N)C(C)C.Cl. The molecule has 1 aliphatic heterocycles. The number of nitrogens with two attached hydrogens (primary N) is 1. The summed E-state index contributed by atoms with van der Waals surface area (Å²) in [6.45, 7) is 9.27. The highest BCUT2D eigenvalue weighted by molar-refractivity contribution is 5.85. The van der Waals surface area contributed by atoms with Crippen LogP contribution in [0.4, 0.5) is 0 Å². The first-order valence-electron chi connectivity index (χ1n) is 6.79. The zero-order valence-corrected chi connectivity index (χ0v) is 12.6. The van der Waals surface area contributed by atoms with E-state index in [9.17, 15) is 4.79 Å². The van der Waals surface area contributed by atoms with Crippen LogP contribution in [0.25, 0.3) is 0 Å². The number of carbonyl (C=O) groups is 1. The number of piperidine rings is 1. The minimum atomic E-state index is -0.390. The van der Waals surface area contributed by atoms with Crippen LogP contribution >= 0.6 is 12.4 Å². The minimum Gasteiger partial charge on any atom is -0.351 e. The van der Waals surface area contributed by atoms with E-state index in [-0.39, 0.29) is 36.3 Å². The Hall–Kier alpha value is -0.320. The van der Waals surface area contributed by atoms with Crippen molar-refractivity contribution in [1.82, 2.24) is 10.2 Å². The fourth-order valence-electron chi connectivity index (χ4n) is 2.22. The van der Waals surface area contributed by atoms with Crippen molar-refractivity contribution in [3.05, 3.63) is 0 Å². The van der Waals surface area contributed by atoms with Gasteiger partial charge in [-0.05, 0) is 38.8 Å². The molecule has 0 aromatic rings. The number of rotatable bonds is 5. The van der Waals surface area contributed by atoms with Gasteiger partial charge in [0.05, 0.1) is 6.04 Å². The number of hydrogen-bond acceptors (Lipinski definition) is 3. The van der Waals surface area contributed by atoms with Crippen molar-refractivity contribution in [2.45, 2.75) is 52.1 Å². The molecule has 0 aromatic heterocycles. The van der Waals surface area contributed by atoms with Gasteiger partial charge in [-0.25, -0.2) is 0 Å².